The first kappa shape index (κ1) is 12.1. The Hall–Kier alpha value is -2.96. The van der Waals surface area contributed by atoms with Crippen molar-refractivity contribution in [1.82, 2.24) is 19.8 Å². The zero-order valence-electron chi connectivity index (χ0n) is 10.9. The molecule has 0 saturated carbocycles. The molecule has 2 aromatic heterocycles. The average molecular weight is 267 g/mol. The van der Waals surface area contributed by atoms with Gasteiger partial charge >= 0.3 is 0 Å². The Morgan fingerprint density at radius 1 is 1.30 bits per heavy atom. The summed E-state index contributed by atoms with van der Waals surface area (Å²) in [5, 5.41) is 16.2. The smallest absolute Gasteiger partial charge is 0.177 e. The van der Waals surface area contributed by atoms with E-state index in [9.17, 15) is 0 Å². The lowest BCUT2D eigenvalue weighted by Gasteiger charge is -2.04. The molecule has 3 rings (SSSR count). The summed E-state index contributed by atoms with van der Waals surface area (Å²) in [7, 11) is 0. The number of fused-ring (bicyclic) bond motifs is 1. The third-order valence-electron chi connectivity index (χ3n) is 2.80. The van der Waals surface area contributed by atoms with Crippen molar-refractivity contribution in [2.24, 2.45) is 5.10 Å². The second-order valence-corrected chi connectivity index (χ2v) is 4.29. The van der Waals surface area contributed by atoms with Crippen molar-refractivity contribution in [3.05, 3.63) is 48.3 Å². The van der Waals surface area contributed by atoms with Gasteiger partial charge in [0.1, 0.15) is 6.33 Å². The van der Waals surface area contributed by atoms with Gasteiger partial charge in [-0.1, -0.05) is 12.1 Å². The van der Waals surface area contributed by atoms with Crippen LogP contribution in [0.5, 0.6) is 0 Å². The van der Waals surface area contributed by atoms with Crippen LogP contribution in [0.1, 0.15) is 12.5 Å². The van der Waals surface area contributed by atoms with Gasteiger partial charge in [0.25, 0.3) is 0 Å². The first-order valence-electron chi connectivity index (χ1n) is 6.06. The van der Waals surface area contributed by atoms with Gasteiger partial charge in [-0.2, -0.15) is 9.62 Å². The van der Waals surface area contributed by atoms with Gasteiger partial charge in [0.2, 0.25) is 0 Å². The molecule has 0 aliphatic carbocycles. The maximum Gasteiger partial charge on any atom is 0.177 e. The number of hydrogen-bond donors (Lipinski definition) is 2. The molecule has 20 heavy (non-hydrogen) atoms. The van der Waals surface area contributed by atoms with Gasteiger partial charge in [-0.25, -0.2) is 0 Å². The van der Waals surface area contributed by atoms with E-state index in [1.54, 1.807) is 10.6 Å². The SMILES string of the molecule is CC(=NNc1ccc2nncn2n1)c1cccc(N)c1. The molecule has 2 heterocycles. The Morgan fingerprint density at radius 2 is 2.20 bits per heavy atom. The quantitative estimate of drug-likeness (QED) is 0.426. The number of benzene rings is 1. The van der Waals surface area contributed by atoms with Crippen LogP contribution in [0, 0.1) is 0 Å². The highest BCUT2D eigenvalue weighted by molar-refractivity contribution is 5.99. The van der Waals surface area contributed by atoms with E-state index in [1.807, 2.05) is 37.3 Å². The van der Waals surface area contributed by atoms with Crippen molar-refractivity contribution in [3.8, 4) is 0 Å². The van der Waals surface area contributed by atoms with Crippen LogP contribution in [0.4, 0.5) is 11.5 Å². The molecule has 100 valence electrons. The van der Waals surface area contributed by atoms with Gasteiger partial charge in [0.05, 0.1) is 5.71 Å². The number of nitrogen functional groups attached to an aromatic ring is 1. The normalized spacial score (nSPS) is 11.8. The number of hydrazone groups is 1. The third-order valence-corrected chi connectivity index (χ3v) is 2.80. The molecule has 0 spiro atoms. The largest absolute Gasteiger partial charge is 0.399 e. The molecule has 0 radical (unpaired) electrons. The second kappa shape index (κ2) is 4.96. The van der Waals surface area contributed by atoms with Gasteiger partial charge in [0, 0.05) is 5.69 Å². The maximum atomic E-state index is 5.75. The molecule has 0 amide bonds. The molecule has 0 saturated heterocycles. The van der Waals surface area contributed by atoms with Crippen molar-refractivity contribution >= 4 is 22.9 Å². The van der Waals surface area contributed by atoms with Gasteiger partial charge in [-0.15, -0.1) is 15.3 Å². The topological polar surface area (TPSA) is 93.5 Å². The van der Waals surface area contributed by atoms with E-state index in [4.69, 9.17) is 5.73 Å². The summed E-state index contributed by atoms with van der Waals surface area (Å²) in [6.45, 7) is 1.90. The molecule has 0 aliphatic heterocycles. The van der Waals surface area contributed by atoms with Crippen molar-refractivity contribution in [3.63, 3.8) is 0 Å². The fourth-order valence-corrected chi connectivity index (χ4v) is 1.76. The van der Waals surface area contributed by atoms with E-state index in [0.29, 0.717) is 17.2 Å². The van der Waals surface area contributed by atoms with Crippen LogP contribution in [0.3, 0.4) is 0 Å². The summed E-state index contributed by atoms with van der Waals surface area (Å²) in [5.74, 6) is 0.612. The monoisotopic (exact) mass is 267 g/mol. The van der Waals surface area contributed by atoms with Gasteiger partial charge in [-0.05, 0) is 36.8 Å². The molecular weight excluding hydrogens is 254 g/mol. The zero-order valence-corrected chi connectivity index (χ0v) is 10.9. The molecule has 0 fully saturated rings. The fraction of sp³-hybridized carbons (Fsp3) is 0.0769. The van der Waals surface area contributed by atoms with E-state index >= 15 is 0 Å². The molecule has 0 bridgehead atoms. The Morgan fingerprint density at radius 3 is 3.05 bits per heavy atom. The molecule has 0 atom stereocenters. The van der Waals surface area contributed by atoms with Crippen LogP contribution in [-0.4, -0.2) is 25.5 Å². The molecule has 3 aromatic rings. The van der Waals surface area contributed by atoms with Crippen molar-refractivity contribution in [1.29, 1.82) is 0 Å². The summed E-state index contributed by atoms with van der Waals surface area (Å²) >= 11 is 0. The van der Waals surface area contributed by atoms with Crippen LogP contribution < -0.4 is 11.2 Å². The van der Waals surface area contributed by atoms with Gasteiger partial charge < -0.3 is 5.73 Å². The first-order chi connectivity index (χ1) is 9.72. The van der Waals surface area contributed by atoms with E-state index in [1.165, 1.54) is 6.33 Å². The van der Waals surface area contributed by atoms with Gasteiger partial charge in [-0.3, -0.25) is 5.43 Å². The predicted octanol–water partition coefficient (Wildman–Crippen LogP) is 1.54. The summed E-state index contributed by atoms with van der Waals surface area (Å²) < 4.78 is 1.58. The molecule has 0 unspecified atom stereocenters. The van der Waals surface area contributed by atoms with Crippen LogP contribution in [-0.2, 0) is 0 Å². The van der Waals surface area contributed by atoms with Gasteiger partial charge in [0.15, 0.2) is 11.5 Å². The molecule has 7 heteroatoms. The van der Waals surface area contributed by atoms with Crippen molar-refractivity contribution < 1.29 is 0 Å². The van der Waals surface area contributed by atoms with E-state index in [0.717, 1.165) is 11.3 Å². The van der Waals surface area contributed by atoms with Crippen molar-refractivity contribution in [2.45, 2.75) is 6.92 Å². The van der Waals surface area contributed by atoms with Crippen molar-refractivity contribution in [2.75, 3.05) is 11.2 Å². The highest BCUT2D eigenvalue weighted by Gasteiger charge is 2.00. The average Bonchev–Trinajstić information content (AvgIpc) is 2.92. The Labute approximate surface area is 115 Å². The first-order valence-corrected chi connectivity index (χ1v) is 6.06. The molecule has 0 aliphatic rings. The molecular formula is C13H13N7. The van der Waals surface area contributed by atoms with E-state index < -0.39 is 0 Å². The van der Waals surface area contributed by atoms with Crippen LogP contribution in [0.2, 0.25) is 0 Å². The van der Waals surface area contributed by atoms with E-state index in [-0.39, 0.29) is 0 Å². The summed E-state index contributed by atoms with van der Waals surface area (Å²) in [6.07, 6.45) is 1.54. The maximum absolute atomic E-state index is 5.75. The van der Waals surface area contributed by atoms with Crippen LogP contribution in [0.15, 0.2) is 47.8 Å². The zero-order chi connectivity index (χ0) is 13.9. The lowest BCUT2D eigenvalue weighted by molar-refractivity contribution is 0.924. The lowest BCUT2D eigenvalue weighted by atomic mass is 10.1. The number of nitrogens with zero attached hydrogens (tertiary/aromatic N) is 5. The molecule has 7 nitrogen and oxygen atoms in total. The number of anilines is 2. The molecule has 1 aromatic carbocycles. The number of aromatic nitrogens is 4. The minimum Gasteiger partial charge on any atom is -0.399 e. The number of rotatable bonds is 3. The molecule has 3 N–H and O–H groups in total. The highest BCUT2D eigenvalue weighted by atomic mass is 15.4. The van der Waals surface area contributed by atoms with E-state index in [2.05, 4.69) is 25.8 Å². The van der Waals surface area contributed by atoms with Crippen LogP contribution in [0.25, 0.3) is 5.65 Å². The second-order valence-electron chi connectivity index (χ2n) is 4.29. The summed E-state index contributed by atoms with van der Waals surface area (Å²) in [5.41, 5.74) is 11.8. The highest BCUT2D eigenvalue weighted by Crippen LogP contribution is 2.09. The fourth-order valence-electron chi connectivity index (χ4n) is 1.76. The standard InChI is InChI=1S/C13H13N7/c1-9(10-3-2-4-11(14)7-10)16-17-12-5-6-13-18-15-8-20(13)19-12/h2-8H,14H2,1H3,(H,17,19). The minimum absolute atomic E-state index is 0.612. The van der Waals surface area contributed by atoms with Crippen LogP contribution >= 0.6 is 0 Å². The number of nitrogens with one attached hydrogen (secondary N) is 1. The Kier molecular flexibility index (Phi) is 3.00. The lowest BCUT2D eigenvalue weighted by Crippen LogP contribution is -2.03. The summed E-state index contributed by atoms with van der Waals surface area (Å²) in [4.78, 5) is 0. The number of nitrogens with two attached hydrogens (primary N) is 1. The Bertz CT molecular complexity index is 775. The minimum atomic E-state index is 0.612. The third kappa shape index (κ3) is 2.41. The Balaban J connectivity index is 1.82. The number of hydrogen-bond acceptors (Lipinski definition) is 6. The summed E-state index contributed by atoms with van der Waals surface area (Å²) in [6, 6.07) is 11.2. The predicted molar refractivity (Wildman–Crippen MR) is 77.5 cm³/mol.